The standard InChI is InChI=1S/C16H11FN2O3S.C11H8FNO.C5H4ClNO2S/c17-15-6-2-1-5-14(15)16-8-12(11-20)10-19(16)23(21,22)13-4-3-7-18-9-13;12-10-4-2-1-3-9(10)11-5-8(7-14)6-13-11;6-10(8,9)5-2-1-3-7-4-5/h1-11H;1-7,13H;1-4H/i11D;7D;. The number of aldehydes is 2. The molecule has 0 fully saturated rings. The molecule has 10 nitrogen and oxygen atoms in total. The minimum atomic E-state index is -4.10. The first-order valence-corrected chi connectivity index (χ1v) is 16.9. The van der Waals surface area contributed by atoms with Crippen LogP contribution in [0.1, 0.15) is 23.5 Å². The molecule has 0 atom stereocenters. The summed E-state index contributed by atoms with van der Waals surface area (Å²) < 4.78 is 89.1. The fraction of sp³-hybridized carbons (Fsp3) is 0. The maximum atomic E-state index is 14.1. The highest BCUT2D eigenvalue weighted by Crippen LogP contribution is 2.28. The summed E-state index contributed by atoms with van der Waals surface area (Å²) in [5.74, 6) is -0.995. The number of hydrogen-bond donors (Lipinski definition) is 1. The van der Waals surface area contributed by atoms with E-state index in [-0.39, 0.29) is 38.0 Å². The van der Waals surface area contributed by atoms with Crippen LogP contribution in [0.15, 0.2) is 132 Å². The molecule has 0 saturated carbocycles. The maximum absolute atomic E-state index is 14.1. The van der Waals surface area contributed by atoms with Crippen molar-refractivity contribution in [2.45, 2.75) is 9.79 Å². The van der Waals surface area contributed by atoms with Gasteiger partial charge in [0.2, 0.25) is 0 Å². The lowest BCUT2D eigenvalue weighted by atomic mass is 10.1. The Morgan fingerprint density at radius 2 is 1.30 bits per heavy atom. The number of nitrogens with zero attached hydrogens (tertiary/aromatic N) is 3. The number of nitrogens with one attached hydrogen (secondary N) is 1. The number of benzene rings is 2. The van der Waals surface area contributed by atoms with Gasteiger partial charge in [-0.15, -0.1) is 0 Å². The van der Waals surface area contributed by atoms with Gasteiger partial charge in [-0.3, -0.25) is 19.6 Å². The Morgan fingerprint density at radius 3 is 1.77 bits per heavy atom. The molecule has 1 N–H and O–H groups in total. The van der Waals surface area contributed by atoms with E-state index in [1.165, 1.54) is 85.5 Å². The Bertz CT molecular complexity index is 2320. The van der Waals surface area contributed by atoms with Gasteiger partial charge < -0.3 is 4.98 Å². The van der Waals surface area contributed by atoms with Gasteiger partial charge in [-0.05, 0) is 60.7 Å². The zero-order chi connectivity index (χ0) is 35.8. The first-order valence-electron chi connectivity index (χ1n) is 14.1. The Hall–Kier alpha value is -5.31. The van der Waals surface area contributed by atoms with Crippen LogP contribution >= 0.6 is 10.7 Å². The van der Waals surface area contributed by atoms with Gasteiger partial charge in [-0.1, -0.05) is 24.3 Å². The third-order valence-corrected chi connectivity index (χ3v) is 9.12. The van der Waals surface area contributed by atoms with Crippen LogP contribution in [-0.2, 0) is 19.1 Å². The molecule has 47 heavy (non-hydrogen) atoms. The van der Waals surface area contributed by atoms with Crippen LogP contribution in [0, 0.1) is 11.6 Å². The van der Waals surface area contributed by atoms with Gasteiger partial charge >= 0.3 is 0 Å². The minimum Gasteiger partial charge on any atom is -0.360 e. The molecule has 0 saturated heterocycles. The Kier molecular flexibility index (Phi) is 10.3. The first-order chi connectivity index (χ1) is 23.2. The molecule has 4 aromatic heterocycles. The van der Waals surface area contributed by atoms with Crippen LogP contribution in [-0.4, -0.2) is 48.3 Å². The highest BCUT2D eigenvalue weighted by molar-refractivity contribution is 8.13. The van der Waals surface area contributed by atoms with E-state index < -0.39 is 37.4 Å². The van der Waals surface area contributed by atoms with E-state index in [0.717, 1.165) is 16.4 Å². The molecular formula is C32H23ClF2N4O6S2. The number of aromatic nitrogens is 4. The van der Waals surface area contributed by atoms with Gasteiger partial charge in [-0.25, -0.2) is 29.6 Å². The van der Waals surface area contributed by atoms with E-state index in [9.17, 15) is 35.2 Å². The Balaban J connectivity index is 0.000000184. The lowest BCUT2D eigenvalue weighted by molar-refractivity contribution is 0.111. The van der Waals surface area contributed by atoms with Crippen LogP contribution in [0.2, 0.25) is 0 Å². The molecule has 0 aliphatic rings. The summed E-state index contributed by atoms with van der Waals surface area (Å²) in [5.41, 5.74) is 0.952. The van der Waals surface area contributed by atoms with Crippen molar-refractivity contribution in [3.63, 3.8) is 0 Å². The summed E-state index contributed by atoms with van der Waals surface area (Å²) in [5, 5.41) is 0. The van der Waals surface area contributed by atoms with Gasteiger partial charge in [0.05, 0.1) is 5.69 Å². The summed E-state index contributed by atoms with van der Waals surface area (Å²) in [6, 6.07) is 20.2. The lowest BCUT2D eigenvalue weighted by Crippen LogP contribution is -2.13. The normalized spacial score (nSPS) is 11.6. The average Bonchev–Trinajstić information content (AvgIpc) is 3.76. The van der Waals surface area contributed by atoms with Crippen molar-refractivity contribution in [3.8, 4) is 22.5 Å². The van der Waals surface area contributed by atoms with Crippen LogP contribution < -0.4 is 0 Å². The zero-order valence-corrected chi connectivity index (χ0v) is 26.2. The fourth-order valence-corrected chi connectivity index (χ4v) is 5.99. The van der Waals surface area contributed by atoms with Crippen LogP contribution in [0.3, 0.4) is 0 Å². The van der Waals surface area contributed by atoms with Crippen molar-refractivity contribution < 1.29 is 37.9 Å². The van der Waals surface area contributed by atoms with Crippen LogP contribution in [0.25, 0.3) is 22.5 Å². The molecule has 0 amide bonds. The van der Waals surface area contributed by atoms with Crippen molar-refractivity contribution in [3.05, 3.63) is 145 Å². The number of halogens is 3. The van der Waals surface area contributed by atoms with E-state index in [4.69, 9.17) is 13.4 Å². The summed E-state index contributed by atoms with van der Waals surface area (Å²) in [6.07, 6.45) is 5.82. The van der Waals surface area contributed by atoms with Crippen molar-refractivity contribution >= 4 is 42.3 Å². The van der Waals surface area contributed by atoms with Gasteiger partial charge in [0, 0.05) is 75.8 Å². The van der Waals surface area contributed by atoms with Crippen molar-refractivity contribution in [1.29, 1.82) is 0 Å². The molecule has 6 rings (SSSR count). The second kappa shape index (κ2) is 15.3. The van der Waals surface area contributed by atoms with Crippen molar-refractivity contribution in [1.82, 2.24) is 18.9 Å². The van der Waals surface area contributed by atoms with E-state index in [1.54, 1.807) is 24.3 Å². The summed E-state index contributed by atoms with van der Waals surface area (Å²) in [4.78, 5) is 32.1. The third-order valence-electron chi connectivity index (χ3n) is 6.13. The topological polar surface area (TPSA) is 149 Å². The molecule has 0 aliphatic carbocycles. The van der Waals surface area contributed by atoms with E-state index in [1.807, 2.05) is 0 Å². The smallest absolute Gasteiger partial charge is 0.269 e. The van der Waals surface area contributed by atoms with Gasteiger partial charge in [-0.2, -0.15) is 0 Å². The monoisotopic (exact) mass is 698 g/mol. The molecular weight excluding hydrogens is 674 g/mol. The zero-order valence-electron chi connectivity index (χ0n) is 25.8. The molecule has 0 spiro atoms. The predicted molar refractivity (Wildman–Crippen MR) is 171 cm³/mol. The number of H-pyrrole nitrogens is 1. The molecule has 0 radical (unpaired) electrons. The second-order valence-corrected chi connectivity index (χ2v) is 13.6. The third kappa shape index (κ3) is 8.70. The number of pyridine rings is 2. The highest BCUT2D eigenvalue weighted by Gasteiger charge is 2.23. The van der Waals surface area contributed by atoms with E-state index >= 15 is 0 Å². The number of hydrogen-bond acceptors (Lipinski definition) is 8. The van der Waals surface area contributed by atoms with Crippen LogP contribution in [0.4, 0.5) is 8.78 Å². The maximum Gasteiger partial charge on any atom is 0.269 e. The molecule has 240 valence electrons. The van der Waals surface area contributed by atoms with E-state index in [0.29, 0.717) is 11.3 Å². The molecule has 4 heterocycles. The highest BCUT2D eigenvalue weighted by atomic mass is 35.7. The first kappa shape index (κ1) is 31.7. The fourth-order valence-electron chi connectivity index (χ4n) is 3.96. The van der Waals surface area contributed by atoms with Crippen molar-refractivity contribution in [2.75, 3.05) is 0 Å². The van der Waals surface area contributed by atoms with Gasteiger partial charge in [0.25, 0.3) is 19.1 Å². The lowest BCUT2D eigenvalue weighted by Gasteiger charge is -2.10. The Labute approximate surface area is 275 Å². The molecule has 0 unspecified atom stereocenters. The summed E-state index contributed by atoms with van der Waals surface area (Å²) in [7, 11) is -2.70. The quantitative estimate of drug-likeness (QED) is 0.149. The SMILES string of the molecule is O=S(=O)(Cl)c1cccnc1.[2H]C(=O)c1c[nH]c(-c2ccccc2F)c1.[2H]C(=O)c1cc(-c2ccccc2F)n(S(=O)(=O)c2cccnc2)c1. The van der Waals surface area contributed by atoms with Crippen LogP contribution in [0.5, 0.6) is 0 Å². The molecule has 0 bridgehead atoms. The molecule has 15 heteroatoms. The number of carbonyl (C=O) groups is 2. The number of carbonyl (C=O) groups excluding carboxylic acids is 2. The van der Waals surface area contributed by atoms with Crippen molar-refractivity contribution in [2.24, 2.45) is 0 Å². The largest absolute Gasteiger partial charge is 0.360 e. The van der Waals surface area contributed by atoms with Gasteiger partial charge in [0.15, 0.2) is 12.5 Å². The average molecular weight is 699 g/mol. The molecule has 6 aromatic rings. The summed E-state index contributed by atoms with van der Waals surface area (Å²) in [6.45, 7) is 0. The molecule has 0 aliphatic heterocycles. The number of rotatable bonds is 7. The summed E-state index contributed by atoms with van der Waals surface area (Å²) >= 11 is 0. The Morgan fingerprint density at radius 1 is 0.745 bits per heavy atom. The van der Waals surface area contributed by atoms with Gasteiger partial charge in [0.1, 0.15) is 24.2 Å². The minimum absolute atomic E-state index is 0.0115. The van der Waals surface area contributed by atoms with E-state index in [2.05, 4.69) is 15.0 Å². The number of aromatic amines is 1. The predicted octanol–water partition coefficient (Wildman–Crippen LogP) is 6.38. The molecule has 2 aromatic carbocycles. The second-order valence-electron chi connectivity index (χ2n) is 9.20.